The van der Waals surface area contributed by atoms with Crippen LogP contribution in [0.4, 0.5) is 5.82 Å². The molecule has 1 aliphatic carbocycles. The average Bonchev–Trinajstić information content (AvgIpc) is 2.92. The van der Waals surface area contributed by atoms with E-state index in [1.807, 2.05) is 6.07 Å². The average molecular weight is 246 g/mol. The molecule has 0 amide bonds. The molecule has 2 fully saturated rings. The molecule has 1 aromatic rings. The van der Waals surface area contributed by atoms with Crippen molar-refractivity contribution in [2.24, 2.45) is 11.8 Å². The van der Waals surface area contributed by atoms with E-state index in [4.69, 9.17) is 0 Å². The summed E-state index contributed by atoms with van der Waals surface area (Å²) in [7, 11) is 0. The fraction of sp³-hybridized carbons (Fsp3) is 0.571. The summed E-state index contributed by atoms with van der Waals surface area (Å²) in [6.45, 7) is 3.39. The van der Waals surface area contributed by atoms with Gasteiger partial charge in [0.05, 0.1) is 6.10 Å². The van der Waals surface area contributed by atoms with Gasteiger partial charge in [0.25, 0.3) is 0 Å². The number of hydrogen-bond acceptors (Lipinski definition) is 4. The summed E-state index contributed by atoms with van der Waals surface area (Å²) in [4.78, 5) is 17.9. The van der Waals surface area contributed by atoms with E-state index in [-0.39, 0.29) is 11.9 Å². The number of carbonyl (C=O) groups excluding carboxylic acids is 1. The predicted molar refractivity (Wildman–Crippen MR) is 68.7 cm³/mol. The number of aliphatic hydroxyl groups excluding tert-OH is 1. The van der Waals surface area contributed by atoms with Gasteiger partial charge in [0.15, 0.2) is 5.78 Å². The summed E-state index contributed by atoms with van der Waals surface area (Å²) in [6.07, 6.45) is 3.58. The molecule has 1 aromatic heterocycles. The van der Waals surface area contributed by atoms with Crippen molar-refractivity contribution >= 4 is 11.6 Å². The van der Waals surface area contributed by atoms with E-state index < -0.39 is 0 Å². The highest BCUT2D eigenvalue weighted by Crippen LogP contribution is 2.39. The minimum atomic E-state index is -0.156. The molecule has 1 N–H and O–H groups in total. The normalized spacial score (nSPS) is 30.6. The minimum Gasteiger partial charge on any atom is -0.393 e. The van der Waals surface area contributed by atoms with Crippen LogP contribution >= 0.6 is 0 Å². The number of Topliss-reactive ketones (excluding diaryl/α,β-unsaturated/α-hetero) is 1. The number of rotatable bonds is 2. The predicted octanol–water partition coefficient (Wildman–Crippen LogP) is 1.49. The number of hydrogen-bond donors (Lipinski definition) is 1. The number of ketones is 1. The standard InChI is InChI=1S/C14H18N2O2/c1-9(17)10-4-5-15-14(6-10)16-7-11-2-3-13(18)12(11)8-16/h4-6,11-13,18H,2-3,7-8H2,1H3. The van der Waals surface area contributed by atoms with Crippen LogP contribution < -0.4 is 4.90 Å². The molecule has 2 aliphatic rings. The quantitative estimate of drug-likeness (QED) is 0.803. The van der Waals surface area contributed by atoms with Crippen molar-refractivity contribution in [1.29, 1.82) is 0 Å². The molecule has 3 unspecified atom stereocenters. The van der Waals surface area contributed by atoms with Crippen molar-refractivity contribution in [2.45, 2.75) is 25.9 Å². The van der Waals surface area contributed by atoms with Gasteiger partial charge in [-0.15, -0.1) is 0 Å². The molecule has 1 saturated heterocycles. The monoisotopic (exact) mass is 246 g/mol. The van der Waals surface area contributed by atoms with Crippen LogP contribution in [0.5, 0.6) is 0 Å². The van der Waals surface area contributed by atoms with Crippen LogP contribution in [-0.4, -0.2) is 35.1 Å². The first-order valence-electron chi connectivity index (χ1n) is 6.55. The number of carbonyl (C=O) groups is 1. The number of fused-ring (bicyclic) bond motifs is 1. The Morgan fingerprint density at radius 2 is 2.28 bits per heavy atom. The maximum absolute atomic E-state index is 11.4. The molecule has 1 saturated carbocycles. The van der Waals surface area contributed by atoms with E-state index in [9.17, 15) is 9.90 Å². The Balaban J connectivity index is 1.80. The van der Waals surface area contributed by atoms with Crippen LogP contribution in [0.15, 0.2) is 18.3 Å². The molecule has 0 bridgehead atoms. The van der Waals surface area contributed by atoms with Crippen LogP contribution in [0.2, 0.25) is 0 Å². The molecule has 3 rings (SSSR count). The Morgan fingerprint density at radius 3 is 3.00 bits per heavy atom. The first-order chi connectivity index (χ1) is 8.65. The lowest BCUT2D eigenvalue weighted by molar-refractivity contribution is 0.101. The Labute approximate surface area is 107 Å². The lowest BCUT2D eigenvalue weighted by Crippen LogP contribution is -2.25. The largest absolute Gasteiger partial charge is 0.393 e. The molecule has 0 aromatic carbocycles. The fourth-order valence-electron chi connectivity index (χ4n) is 3.23. The Bertz CT molecular complexity index is 475. The second kappa shape index (κ2) is 4.35. The summed E-state index contributed by atoms with van der Waals surface area (Å²) in [5, 5.41) is 9.91. The van der Waals surface area contributed by atoms with Gasteiger partial charge in [-0.1, -0.05) is 0 Å². The van der Waals surface area contributed by atoms with E-state index in [2.05, 4.69) is 9.88 Å². The molecule has 4 heteroatoms. The van der Waals surface area contributed by atoms with Crippen molar-refractivity contribution in [3.63, 3.8) is 0 Å². The van der Waals surface area contributed by atoms with E-state index in [0.717, 1.165) is 31.7 Å². The van der Waals surface area contributed by atoms with Gasteiger partial charge in [-0.05, 0) is 37.8 Å². The third-order valence-corrected chi connectivity index (χ3v) is 4.30. The maximum atomic E-state index is 11.4. The van der Waals surface area contributed by atoms with Gasteiger partial charge >= 0.3 is 0 Å². The van der Waals surface area contributed by atoms with Gasteiger partial charge in [-0.25, -0.2) is 4.98 Å². The summed E-state index contributed by atoms with van der Waals surface area (Å²) in [6, 6.07) is 3.60. The van der Waals surface area contributed by atoms with E-state index in [1.165, 1.54) is 0 Å². The Kier molecular flexibility index (Phi) is 2.82. The van der Waals surface area contributed by atoms with Crippen LogP contribution in [0, 0.1) is 11.8 Å². The number of anilines is 1. The molecular weight excluding hydrogens is 228 g/mol. The number of nitrogens with zero attached hydrogens (tertiary/aromatic N) is 2. The molecular formula is C14H18N2O2. The highest BCUT2D eigenvalue weighted by molar-refractivity contribution is 5.94. The van der Waals surface area contributed by atoms with Crippen LogP contribution in [0.25, 0.3) is 0 Å². The van der Waals surface area contributed by atoms with Gasteiger partial charge in [0, 0.05) is 30.8 Å². The van der Waals surface area contributed by atoms with Crippen LogP contribution in [-0.2, 0) is 0 Å². The van der Waals surface area contributed by atoms with E-state index in [1.54, 1.807) is 19.2 Å². The summed E-state index contributed by atoms with van der Waals surface area (Å²) >= 11 is 0. The lowest BCUT2D eigenvalue weighted by atomic mass is 10.00. The third-order valence-electron chi connectivity index (χ3n) is 4.30. The molecule has 2 heterocycles. The van der Waals surface area contributed by atoms with Gasteiger partial charge in [-0.3, -0.25) is 4.79 Å². The highest BCUT2D eigenvalue weighted by Gasteiger charge is 2.42. The smallest absolute Gasteiger partial charge is 0.159 e. The molecule has 1 aliphatic heterocycles. The summed E-state index contributed by atoms with van der Waals surface area (Å²) in [5.74, 6) is 1.90. The third kappa shape index (κ3) is 1.90. The minimum absolute atomic E-state index is 0.0677. The van der Waals surface area contributed by atoms with Crippen LogP contribution in [0.1, 0.15) is 30.1 Å². The molecule has 0 spiro atoms. The second-order valence-corrected chi connectivity index (χ2v) is 5.43. The molecule has 3 atom stereocenters. The van der Waals surface area contributed by atoms with Crippen molar-refractivity contribution < 1.29 is 9.90 Å². The second-order valence-electron chi connectivity index (χ2n) is 5.43. The van der Waals surface area contributed by atoms with Gasteiger partial charge in [0.1, 0.15) is 5.82 Å². The number of pyridine rings is 1. The molecule has 0 radical (unpaired) electrons. The number of aliphatic hydroxyl groups is 1. The van der Waals surface area contributed by atoms with Crippen molar-refractivity contribution in [1.82, 2.24) is 4.98 Å². The molecule has 96 valence electrons. The maximum Gasteiger partial charge on any atom is 0.159 e. The first kappa shape index (κ1) is 11.7. The van der Waals surface area contributed by atoms with Gasteiger partial charge in [-0.2, -0.15) is 0 Å². The first-order valence-corrected chi connectivity index (χ1v) is 6.55. The molecule has 4 nitrogen and oxygen atoms in total. The van der Waals surface area contributed by atoms with Crippen LogP contribution in [0.3, 0.4) is 0 Å². The zero-order chi connectivity index (χ0) is 12.7. The van der Waals surface area contributed by atoms with Crippen molar-refractivity contribution in [2.75, 3.05) is 18.0 Å². The van der Waals surface area contributed by atoms with Crippen molar-refractivity contribution in [3.05, 3.63) is 23.9 Å². The number of aromatic nitrogens is 1. The van der Waals surface area contributed by atoms with Gasteiger partial charge in [0.2, 0.25) is 0 Å². The van der Waals surface area contributed by atoms with E-state index in [0.29, 0.717) is 17.4 Å². The molecule has 18 heavy (non-hydrogen) atoms. The Morgan fingerprint density at radius 1 is 1.44 bits per heavy atom. The topological polar surface area (TPSA) is 53.4 Å². The SMILES string of the molecule is CC(=O)c1ccnc(N2CC3CCC(O)C3C2)c1. The lowest BCUT2D eigenvalue weighted by Gasteiger charge is -2.19. The summed E-state index contributed by atoms with van der Waals surface area (Å²) < 4.78 is 0. The highest BCUT2D eigenvalue weighted by atomic mass is 16.3. The zero-order valence-corrected chi connectivity index (χ0v) is 10.5. The fourth-order valence-corrected chi connectivity index (χ4v) is 3.23. The Hall–Kier alpha value is -1.42. The van der Waals surface area contributed by atoms with E-state index >= 15 is 0 Å². The van der Waals surface area contributed by atoms with Gasteiger partial charge < -0.3 is 10.0 Å². The summed E-state index contributed by atoms with van der Waals surface area (Å²) in [5.41, 5.74) is 0.706. The van der Waals surface area contributed by atoms with Crippen molar-refractivity contribution in [3.8, 4) is 0 Å². The zero-order valence-electron chi connectivity index (χ0n) is 10.5.